The maximum atomic E-state index is 12.9. The molecule has 1 atom stereocenters. The SMILES string of the molecule is CC1(C(=O)C2CCOC3(CCCC3)C2)CCNCC1. The minimum Gasteiger partial charge on any atom is -0.375 e. The maximum Gasteiger partial charge on any atom is 0.142 e. The van der Waals surface area contributed by atoms with Crippen LogP contribution in [0.2, 0.25) is 0 Å². The Hall–Kier alpha value is -0.410. The van der Waals surface area contributed by atoms with Crippen molar-refractivity contribution < 1.29 is 9.53 Å². The summed E-state index contributed by atoms with van der Waals surface area (Å²) < 4.78 is 6.06. The van der Waals surface area contributed by atoms with Crippen molar-refractivity contribution in [2.24, 2.45) is 11.3 Å². The van der Waals surface area contributed by atoms with Crippen LogP contribution in [0.15, 0.2) is 0 Å². The number of ether oxygens (including phenoxy) is 1. The van der Waals surface area contributed by atoms with Gasteiger partial charge < -0.3 is 10.1 Å². The van der Waals surface area contributed by atoms with E-state index in [-0.39, 0.29) is 16.9 Å². The van der Waals surface area contributed by atoms with Crippen LogP contribution in [0.3, 0.4) is 0 Å². The van der Waals surface area contributed by atoms with Crippen molar-refractivity contribution in [1.29, 1.82) is 0 Å². The van der Waals surface area contributed by atoms with Crippen LogP contribution in [-0.4, -0.2) is 31.1 Å². The van der Waals surface area contributed by atoms with Crippen molar-refractivity contribution >= 4 is 5.78 Å². The molecular weight excluding hydrogens is 238 g/mol. The van der Waals surface area contributed by atoms with Gasteiger partial charge in [0.2, 0.25) is 0 Å². The average molecular weight is 265 g/mol. The molecule has 1 spiro atoms. The first-order valence-corrected chi connectivity index (χ1v) is 8.03. The van der Waals surface area contributed by atoms with E-state index in [1.807, 2.05) is 0 Å². The highest BCUT2D eigenvalue weighted by Gasteiger charge is 2.46. The van der Waals surface area contributed by atoms with Crippen molar-refractivity contribution in [3.63, 3.8) is 0 Å². The molecule has 1 unspecified atom stereocenters. The number of piperidine rings is 1. The highest BCUT2D eigenvalue weighted by Crippen LogP contribution is 2.45. The van der Waals surface area contributed by atoms with Gasteiger partial charge in [-0.15, -0.1) is 0 Å². The number of Topliss-reactive ketones (excluding diaryl/α,β-unsaturated/α-hetero) is 1. The fourth-order valence-corrected chi connectivity index (χ4v) is 4.34. The van der Waals surface area contributed by atoms with Crippen molar-refractivity contribution in [1.82, 2.24) is 5.32 Å². The zero-order valence-corrected chi connectivity index (χ0v) is 12.2. The molecule has 1 aliphatic carbocycles. The highest BCUT2D eigenvalue weighted by molar-refractivity contribution is 5.87. The molecule has 2 saturated heterocycles. The van der Waals surface area contributed by atoms with E-state index in [0.717, 1.165) is 45.4 Å². The Kier molecular flexibility index (Phi) is 3.69. The molecule has 0 aromatic heterocycles. The van der Waals surface area contributed by atoms with E-state index >= 15 is 0 Å². The van der Waals surface area contributed by atoms with Gasteiger partial charge >= 0.3 is 0 Å². The number of hydrogen-bond donors (Lipinski definition) is 1. The quantitative estimate of drug-likeness (QED) is 0.834. The van der Waals surface area contributed by atoms with Crippen molar-refractivity contribution in [2.45, 2.75) is 63.9 Å². The summed E-state index contributed by atoms with van der Waals surface area (Å²) in [5.74, 6) is 0.790. The summed E-state index contributed by atoms with van der Waals surface area (Å²) in [4.78, 5) is 12.9. The Bertz CT molecular complexity index is 341. The second kappa shape index (κ2) is 5.17. The molecule has 0 bridgehead atoms. The molecule has 2 heterocycles. The van der Waals surface area contributed by atoms with Crippen molar-refractivity contribution in [3.8, 4) is 0 Å². The van der Waals surface area contributed by atoms with Crippen LogP contribution in [0.25, 0.3) is 0 Å². The van der Waals surface area contributed by atoms with Gasteiger partial charge in [0, 0.05) is 17.9 Å². The van der Waals surface area contributed by atoms with E-state index in [1.54, 1.807) is 0 Å². The predicted octanol–water partition coefficient (Wildman–Crippen LogP) is 2.68. The van der Waals surface area contributed by atoms with Gasteiger partial charge in [0.15, 0.2) is 0 Å². The molecule has 3 heteroatoms. The lowest BCUT2D eigenvalue weighted by Crippen LogP contribution is -2.47. The first-order chi connectivity index (χ1) is 9.14. The first-order valence-electron chi connectivity index (χ1n) is 8.03. The lowest BCUT2D eigenvalue weighted by molar-refractivity contribution is -0.146. The molecule has 1 saturated carbocycles. The summed E-state index contributed by atoms with van der Waals surface area (Å²) >= 11 is 0. The van der Waals surface area contributed by atoms with Crippen molar-refractivity contribution in [3.05, 3.63) is 0 Å². The van der Waals surface area contributed by atoms with Crippen LogP contribution < -0.4 is 5.32 Å². The number of ketones is 1. The fraction of sp³-hybridized carbons (Fsp3) is 0.938. The van der Waals surface area contributed by atoms with Crippen molar-refractivity contribution in [2.75, 3.05) is 19.7 Å². The largest absolute Gasteiger partial charge is 0.375 e. The fourth-order valence-electron chi connectivity index (χ4n) is 4.34. The summed E-state index contributed by atoms with van der Waals surface area (Å²) in [7, 11) is 0. The summed E-state index contributed by atoms with van der Waals surface area (Å²) in [6.45, 7) is 4.98. The normalized spacial score (nSPS) is 33.4. The third-order valence-corrected chi connectivity index (χ3v) is 5.68. The topological polar surface area (TPSA) is 38.3 Å². The molecule has 0 aromatic carbocycles. The Morgan fingerprint density at radius 1 is 1.16 bits per heavy atom. The zero-order valence-electron chi connectivity index (χ0n) is 12.2. The summed E-state index contributed by atoms with van der Waals surface area (Å²) in [5.41, 5.74) is -0.00506. The minimum absolute atomic E-state index is 0.0713. The van der Waals surface area contributed by atoms with Gasteiger partial charge in [-0.2, -0.15) is 0 Å². The van der Waals surface area contributed by atoms with E-state index in [2.05, 4.69) is 12.2 Å². The van der Waals surface area contributed by atoms with E-state index in [1.165, 1.54) is 25.7 Å². The molecule has 3 nitrogen and oxygen atoms in total. The molecule has 19 heavy (non-hydrogen) atoms. The predicted molar refractivity (Wildman–Crippen MR) is 75.1 cm³/mol. The molecular formula is C16H27NO2. The lowest BCUT2D eigenvalue weighted by Gasteiger charge is -2.42. The highest BCUT2D eigenvalue weighted by atomic mass is 16.5. The van der Waals surface area contributed by atoms with Gasteiger partial charge in [-0.3, -0.25) is 4.79 Å². The van der Waals surface area contributed by atoms with Gasteiger partial charge in [0.25, 0.3) is 0 Å². The maximum absolute atomic E-state index is 12.9. The number of nitrogens with one attached hydrogen (secondary N) is 1. The first kappa shape index (κ1) is 13.6. The molecule has 3 aliphatic rings. The Labute approximate surface area is 116 Å². The molecule has 1 N–H and O–H groups in total. The minimum atomic E-state index is -0.0763. The Balaban J connectivity index is 1.69. The monoisotopic (exact) mass is 265 g/mol. The smallest absolute Gasteiger partial charge is 0.142 e. The van der Waals surface area contributed by atoms with E-state index in [4.69, 9.17) is 4.74 Å². The summed E-state index contributed by atoms with van der Waals surface area (Å²) in [5, 5.41) is 3.37. The third-order valence-electron chi connectivity index (χ3n) is 5.68. The van der Waals surface area contributed by atoms with Crippen LogP contribution in [0.5, 0.6) is 0 Å². The van der Waals surface area contributed by atoms with Crippen LogP contribution in [0.1, 0.15) is 58.3 Å². The summed E-state index contributed by atoms with van der Waals surface area (Å²) in [6, 6.07) is 0. The molecule has 3 rings (SSSR count). The Morgan fingerprint density at radius 3 is 2.53 bits per heavy atom. The number of carbonyl (C=O) groups excluding carboxylic acids is 1. The number of hydrogen-bond acceptors (Lipinski definition) is 3. The van der Waals surface area contributed by atoms with Gasteiger partial charge in [0.05, 0.1) is 5.60 Å². The van der Waals surface area contributed by atoms with E-state index in [9.17, 15) is 4.79 Å². The molecule has 0 aromatic rings. The van der Waals surface area contributed by atoms with E-state index < -0.39 is 0 Å². The molecule has 0 radical (unpaired) electrons. The van der Waals surface area contributed by atoms with Crippen LogP contribution in [-0.2, 0) is 9.53 Å². The second-order valence-electron chi connectivity index (χ2n) is 7.10. The van der Waals surface area contributed by atoms with Gasteiger partial charge in [0.1, 0.15) is 5.78 Å². The zero-order chi connectivity index (χ0) is 13.3. The van der Waals surface area contributed by atoms with Gasteiger partial charge in [-0.05, 0) is 51.6 Å². The van der Waals surface area contributed by atoms with Gasteiger partial charge in [-0.1, -0.05) is 19.8 Å². The molecule has 3 fully saturated rings. The third kappa shape index (κ3) is 2.59. The molecule has 2 aliphatic heterocycles. The second-order valence-corrected chi connectivity index (χ2v) is 7.10. The van der Waals surface area contributed by atoms with Crippen LogP contribution >= 0.6 is 0 Å². The summed E-state index contributed by atoms with van der Waals surface area (Å²) in [6.07, 6.45) is 8.87. The van der Waals surface area contributed by atoms with E-state index in [0.29, 0.717) is 5.78 Å². The van der Waals surface area contributed by atoms with Crippen LogP contribution in [0.4, 0.5) is 0 Å². The molecule has 0 amide bonds. The molecule has 108 valence electrons. The average Bonchev–Trinajstić information content (AvgIpc) is 2.87. The van der Waals surface area contributed by atoms with Gasteiger partial charge in [-0.25, -0.2) is 0 Å². The Morgan fingerprint density at radius 2 is 1.84 bits per heavy atom. The number of rotatable bonds is 2. The standard InChI is InChI=1S/C16H27NO2/c1-15(7-9-17-10-8-15)14(18)13-4-11-19-16(12-13)5-2-3-6-16/h13,17H,2-12H2,1H3. The van der Waals surface area contributed by atoms with Crippen LogP contribution in [0, 0.1) is 11.3 Å². The number of carbonyl (C=O) groups is 1. The lowest BCUT2D eigenvalue weighted by atomic mass is 9.69.